The highest BCUT2D eigenvalue weighted by molar-refractivity contribution is 6.11. The quantitative estimate of drug-likeness (QED) is 0.538. The topological polar surface area (TPSA) is 107 Å². The summed E-state index contributed by atoms with van der Waals surface area (Å²) < 4.78 is 4.70. The molecule has 102 valence electrons. The van der Waals surface area contributed by atoms with Gasteiger partial charge in [-0.3, -0.25) is 14.4 Å². The number of carbonyl (C=O) groups is 3. The SMILES string of the molecule is COC(=O)[C@]1(C(=O)[C@@H](N)CC(=O)O)[C@@H](C)C1(C)C. The first-order chi connectivity index (χ1) is 8.13. The Morgan fingerprint density at radius 2 is 1.83 bits per heavy atom. The summed E-state index contributed by atoms with van der Waals surface area (Å²) in [5.41, 5.74) is 3.71. The molecule has 0 spiro atoms. The Labute approximate surface area is 105 Å². The molecular formula is C12H19NO5. The number of carbonyl (C=O) groups excluding carboxylic acids is 2. The summed E-state index contributed by atoms with van der Waals surface area (Å²) in [5.74, 6) is -2.56. The summed E-state index contributed by atoms with van der Waals surface area (Å²) in [6.07, 6.45) is -0.486. The van der Waals surface area contributed by atoms with E-state index in [9.17, 15) is 14.4 Å². The fourth-order valence-corrected chi connectivity index (χ4v) is 2.83. The molecule has 1 saturated carbocycles. The lowest BCUT2D eigenvalue weighted by atomic mass is 9.86. The molecule has 0 saturated heterocycles. The second kappa shape index (κ2) is 4.35. The Kier molecular flexibility index (Phi) is 3.53. The Morgan fingerprint density at radius 1 is 1.39 bits per heavy atom. The first-order valence-corrected chi connectivity index (χ1v) is 5.74. The molecule has 0 aliphatic heterocycles. The second-order valence-electron chi connectivity index (χ2n) is 5.31. The van der Waals surface area contributed by atoms with Crippen molar-refractivity contribution in [3.63, 3.8) is 0 Å². The number of ether oxygens (including phenoxy) is 1. The van der Waals surface area contributed by atoms with E-state index in [0.29, 0.717) is 0 Å². The van der Waals surface area contributed by atoms with Gasteiger partial charge in [0, 0.05) is 0 Å². The summed E-state index contributed by atoms with van der Waals surface area (Å²) in [6.45, 7) is 5.32. The Hall–Kier alpha value is -1.43. The van der Waals surface area contributed by atoms with Crippen molar-refractivity contribution in [2.75, 3.05) is 7.11 Å². The number of hydrogen-bond donors (Lipinski definition) is 2. The van der Waals surface area contributed by atoms with E-state index < -0.39 is 41.0 Å². The van der Waals surface area contributed by atoms with Gasteiger partial charge < -0.3 is 15.6 Å². The third kappa shape index (κ3) is 1.71. The number of hydrogen-bond acceptors (Lipinski definition) is 5. The van der Waals surface area contributed by atoms with Gasteiger partial charge in [0.15, 0.2) is 5.78 Å². The summed E-state index contributed by atoms with van der Waals surface area (Å²) in [5, 5.41) is 8.66. The molecule has 0 bridgehead atoms. The van der Waals surface area contributed by atoms with Crippen molar-refractivity contribution in [1.82, 2.24) is 0 Å². The summed E-state index contributed by atoms with van der Waals surface area (Å²) in [6, 6.07) is -1.19. The summed E-state index contributed by atoms with van der Waals surface area (Å²) in [4.78, 5) is 34.8. The smallest absolute Gasteiger partial charge is 0.320 e. The van der Waals surface area contributed by atoms with Gasteiger partial charge in [-0.1, -0.05) is 20.8 Å². The van der Waals surface area contributed by atoms with E-state index in [1.807, 2.05) is 0 Å². The predicted molar refractivity (Wildman–Crippen MR) is 62.6 cm³/mol. The van der Waals surface area contributed by atoms with Crippen LogP contribution in [0.5, 0.6) is 0 Å². The molecular weight excluding hydrogens is 238 g/mol. The minimum Gasteiger partial charge on any atom is -0.481 e. The van der Waals surface area contributed by atoms with E-state index in [2.05, 4.69) is 0 Å². The van der Waals surface area contributed by atoms with Crippen molar-refractivity contribution in [2.24, 2.45) is 22.5 Å². The van der Waals surface area contributed by atoms with Crippen LogP contribution < -0.4 is 5.73 Å². The van der Waals surface area contributed by atoms with Gasteiger partial charge in [-0.25, -0.2) is 0 Å². The number of Topliss-reactive ketones (excluding diaryl/α,β-unsaturated/α-hetero) is 1. The van der Waals surface area contributed by atoms with E-state index in [0.717, 1.165) is 0 Å². The second-order valence-corrected chi connectivity index (χ2v) is 5.31. The highest BCUT2D eigenvalue weighted by Gasteiger charge is 2.78. The molecule has 18 heavy (non-hydrogen) atoms. The molecule has 0 aromatic heterocycles. The monoisotopic (exact) mass is 257 g/mol. The molecule has 1 aliphatic rings. The number of esters is 1. The molecule has 6 nitrogen and oxygen atoms in total. The minimum absolute atomic E-state index is 0.218. The molecule has 0 amide bonds. The zero-order valence-corrected chi connectivity index (χ0v) is 11.0. The number of aliphatic carboxylic acids is 1. The van der Waals surface area contributed by atoms with Crippen LogP contribution in [0.4, 0.5) is 0 Å². The van der Waals surface area contributed by atoms with Gasteiger partial charge >= 0.3 is 11.9 Å². The molecule has 1 fully saturated rings. The lowest BCUT2D eigenvalue weighted by Gasteiger charge is -2.20. The van der Waals surface area contributed by atoms with Crippen molar-refractivity contribution >= 4 is 17.7 Å². The van der Waals surface area contributed by atoms with Gasteiger partial charge in [-0.2, -0.15) is 0 Å². The molecule has 0 aromatic rings. The van der Waals surface area contributed by atoms with E-state index in [1.165, 1.54) is 7.11 Å². The highest BCUT2D eigenvalue weighted by Crippen LogP contribution is 2.69. The van der Waals surface area contributed by atoms with Crippen LogP contribution >= 0.6 is 0 Å². The van der Waals surface area contributed by atoms with E-state index >= 15 is 0 Å². The number of methoxy groups -OCH3 is 1. The molecule has 1 aliphatic carbocycles. The van der Waals surface area contributed by atoms with Gasteiger partial charge in [0.2, 0.25) is 0 Å². The van der Waals surface area contributed by atoms with Crippen LogP contribution in [0.15, 0.2) is 0 Å². The van der Waals surface area contributed by atoms with E-state index in [4.69, 9.17) is 15.6 Å². The molecule has 1 rings (SSSR count). The van der Waals surface area contributed by atoms with Gasteiger partial charge in [-0.15, -0.1) is 0 Å². The number of carboxylic acids is 1. The van der Waals surface area contributed by atoms with Crippen LogP contribution in [0.25, 0.3) is 0 Å². The van der Waals surface area contributed by atoms with Crippen molar-refractivity contribution < 1.29 is 24.2 Å². The molecule has 0 radical (unpaired) electrons. The average Bonchev–Trinajstić information content (AvgIpc) is 2.71. The molecule has 0 unspecified atom stereocenters. The van der Waals surface area contributed by atoms with Crippen molar-refractivity contribution in [2.45, 2.75) is 33.2 Å². The molecule has 3 N–H and O–H groups in total. The fraction of sp³-hybridized carbons (Fsp3) is 0.750. The lowest BCUT2D eigenvalue weighted by molar-refractivity contribution is -0.155. The van der Waals surface area contributed by atoms with Gasteiger partial charge in [0.05, 0.1) is 19.6 Å². The van der Waals surface area contributed by atoms with E-state index in [1.54, 1.807) is 20.8 Å². The molecule has 0 heterocycles. The normalized spacial score (nSPS) is 30.4. The van der Waals surface area contributed by atoms with Crippen LogP contribution in [-0.4, -0.2) is 36.0 Å². The zero-order chi connectivity index (χ0) is 14.3. The lowest BCUT2D eigenvalue weighted by Crippen LogP contribution is -2.44. The predicted octanol–water partition coefficient (Wildman–Crippen LogP) is 0.193. The van der Waals surface area contributed by atoms with Crippen LogP contribution in [0.2, 0.25) is 0 Å². The van der Waals surface area contributed by atoms with Crippen molar-refractivity contribution in [1.29, 1.82) is 0 Å². The van der Waals surface area contributed by atoms with Gasteiger partial charge in [0.25, 0.3) is 0 Å². The number of nitrogens with two attached hydrogens (primary N) is 1. The Balaban J connectivity index is 3.06. The third-order valence-electron chi connectivity index (χ3n) is 4.29. The first kappa shape index (κ1) is 14.6. The third-order valence-corrected chi connectivity index (χ3v) is 4.29. The summed E-state index contributed by atoms with van der Waals surface area (Å²) in [7, 11) is 1.21. The van der Waals surface area contributed by atoms with Gasteiger partial charge in [0.1, 0.15) is 5.41 Å². The van der Waals surface area contributed by atoms with Crippen molar-refractivity contribution in [3.8, 4) is 0 Å². The largest absolute Gasteiger partial charge is 0.481 e. The zero-order valence-electron chi connectivity index (χ0n) is 11.0. The van der Waals surface area contributed by atoms with Crippen molar-refractivity contribution in [3.05, 3.63) is 0 Å². The maximum atomic E-state index is 12.3. The number of rotatable bonds is 5. The Morgan fingerprint density at radius 3 is 2.11 bits per heavy atom. The highest BCUT2D eigenvalue weighted by atomic mass is 16.5. The maximum Gasteiger partial charge on any atom is 0.320 e. The van der Waals surface area contributed by atoms with E-state index in [-0.39, 0.29) is 5.92 Å². The fourth-order valence-electron chi connectivity index (χ4n) is 2.83. The number of ketones is 1. The summed E-state index contributed by atoms with van der Waals surface area (Å²) >= 11 is 0. The number of carboxylic acid groups (broad SMARTS) is 1. The first-order valence-electron chi connectivity index (χ1n) is 5.74. The van der Waals surface area contributed by atoms with Gasteiger partial charge in [-0.05, 0) is 11.3 Å². The molecule has 0 aromatic carbocycles. The average molecular weight is 257 g/mol. The molecule has 3 atom stereocenters. The minimum atomic E-state index is -1.31. The maximum absolute atomic E-state index is 12.3. The van der Waals surface area contributed by atoms with Crippen LogP contribution in [0.1, 0.15) is 27.2 Å². The van der Waals surface area contributed by atoms with Crippen LogP contribution in [0.3, 0.4) is 0 Å². The van der Waals surface area contributed by atoms with Crippen LogP contribution in [-0.2, 0) is 19.1 Å². The molecule has 6 heteroatoms. The Bertz CT molecular complexity index is 403. The van der Waals surface area contributed by atoms with Crippen LogP contribution in [0, 0.1) is 16.7 Å². The standard InChI is InChI=1S/C12H19NO5/c1-6-11(2,3)12(6,10(17)18-4)9(16)7(13)5-8(14)15/h6-7H,5,13H2,1-4H3,(H,14,15)/t6-,7-,12+/m0/s1.